The van der Waals surface area contributed by atoms with Gasteiger partial charge in [0.2, 0.25) is 5.91 Å². The molecule has 0 aliphatic heterocycles. The summed E-state index contributed by atoms with van der Waals surface area (Å²) in [7, 11) is -1.85. The van der Waals surface area contributed by atoms with Crippen molar-refractivity contribution in [2.75, 3.05) is 24.6 Å². The van der Waals surface area contributed by atoms with E-state index in [0.29, 0.717) is 12.4 Å². The lowest BCUT2D eigenvalue weighted by Crippen LogP contribution is -2.36. The lowest BCUT2D eigenvalue weighted by atomic mass is 10.3. The molecule has 1 amide bonds. The monoisotopic (exact) mass is 324 g/mol. The molecule has 1 aromatic rings. The predicted molar refractivity (Wildman–Crippen MR) is 72.4 cm³/mol. The number of ether oxygens (including phenoxy) is 1. The van der Waals surface area contributed by atoms with Gasteiger partial charge in [-0.15, -0.1) is 0 Å². The number of nitrogens with two attached hydrogens (primary N) is 1. The van der Waals surface area contributed by atoms with Crippen LogP contribution in [0.3, 0.4) is 0 Å². The highest BCUT2D eigenvalue weighted by Gasteiger charge is 2.28. The van der Waals surface area contributed by atoms with Crippen LogP contribution < -0.4 is 15.8 Å². The van der Waals surface area contributed by atoms with E-state index < -0.39 is 35.2 Å². The van der Waals surface area contributed by atoms with Gasteiger partial charge in [0.05, 0.1) is 22.3 Å². The van der Waals surface area contributed by atoms with E-state index in [1.807, 2.05) is 0 Å². The number of carbonyl (C=O) groups excluding carboxylic acids is 1. The molecule has 0 spiro atoms. The highest BCUT2D eigenvalue weighted by atomic mass is 32.2. The van der Waals surface area contributed by atoms with Gasteiger partial charge in [-0.05, 0) is 25.1 Å². The fourth-order valence-electron chi connectivity index (χ4n) is 1.41. The third kappa shape index (κ3) is 6.03. The number of rotatable bonds is 6. The molecule has 0 aromatic heterocycles. The Kier molecular flexibility index (Phi) is 6.01. The number of anilines is 1. The number of carbonyl (C=O) groups is 1. The van der Waals surface area contributed by atoms with Gasteiger partial charge in [-0.2, -0.15) is 13.2 Å². The number of hydrogen-bond acceptors (Lipinski definition) is 4. The van der Waals surface area contributed by atoms with Crippen molar-refractivity contribution in [1.29, 1.82) is 0 Å². The summed E-state index contributed by atoms with van der Waals surface area (Å²) in [5.74, 6) is -1.15. The summed E-state index contributed by atoms with van der Waals surface area (Å²) in [6, 6.07) is 4.45. The van der Waals surface area contributed by atoms with Crippen LogP contribution in [0.25, 0.3) is 0 Å². The second kappa shape index (κ2) is 7.30. The van der Waals surface area contributed by atoms with Crippen LogP contribution in [0.5, 0.6) is 5.75 Å². The molecule has 0 radical (unpaired) electrons. The van der Waals surface area contributed by atoms with Gasteiger partial charge in [-0.1, -0.05) is 0 Å². The Balaban J connectivity index is 2.71. The SMILES string of the molecule is CCOc1ccc(N)c(S(=O)CC(=O)NCC(F)(F)F)c1. The minimum atomic E-state index is -4.51. The molecule has 3 N–H and O–H groups in total. The van der Waals surface area contributed by atoms with Crippen molar-refractivity contribution in [3.63, 3.8) is 0 Å². The lowest BCUT2D eigenvalue weighted by Gasteiger charge is -2.10. The maximum Gasteiger partial charge on any atom is 0.405 e. The van der Waals surface area contributed by atoms with Gasteiger partial charge in [0, 0.05) is 5.69 Å². The fraction of sp³-hybridized carbons (Fsp3) is 0.417. The molecule has 1 unspecified atom stereocenters. The van der Waals surface area contributed by atoms with Crippen LogP contribution in [-0.4, -0.2) is 35.2 Å². The molecule has 5 nitrogen and oxygen atoms in total. The van der Waals surface area contributed by atoms with Crippen molar-refractivity contribution >= 4 is 22.4 Å². The number of nitrogens with one attached hydrogen (secondary N) is 1. The van der Waals surface area contributed by atoms with Gasteiger partial charge >= 0.3 is 6.18 Å². The summed E-state index contributed by atoms with van der Waals surface area (Å²) in [5, 5.41) is 1.65. The maximum atomic E-state index is 12.0. The van der Waals surface area contributed by atoms with Crippen LogP contribution in [0, 0.1) is 0 Å². The van der Waals surface area contributed by atoms with E-state index in [2.05, 4.69) is 0 Å². The van der Waals surface area contributed by atoms with Crippen molar-refractivity contribution in [1.82, 2.24) is 5.32 Å². The molecule has 118 valence electrons. The van der Waals surface area contributed by atoms with Crippen LogP contribution in [0.1, 0.15) is 6.92 Å². The molecule has 0 saturated heterocycles. The summed E-state index contributed by atoms with van der Waals surface area (Å²) in [5.41, 5.74) is 5.83. The van der Waals surface area contributed by atoms with Gasteiger partial charge in [0.25, 0.3) is 0 Å². The first-order chi connectivity index (χ1) is 9.73. The molecule has 9 heteroatoms. The van der Waals surface area contributed by atoms with Gasteiger partial charge in [0.1, 0.15) is 18.0 Å². The average molecular weight is 324 g/mol. The Bertz CT molecular complexity index is 535. The maximum absolute atomic E-state index is 12.0. The molecule has 0 aliphatic carbocycles. The molecule has 1 atom stereocenters. The topological polar surface area (TPSA) is 81.4 Å². The van der Waals surface area contributed by atoms with E-state index >= 15 is 0 Å². The van der Waals surface area contributed by atoms with Crippen molar-refractivity contribution in [3.8, 4) is 5.75 Å². The van der Waals surface area contributed by atoms with Crippen LogP contribution in [0.2, 0.25) is 0 Å². The molecular weight excluding hydrogens is 309 g/mol. The number of alkyl halides is 3. The Labute approximate surface area is 122 Å². The van der Waals surface area contributed by atoms with Gasteiger partial charge in [-0.3, -0.25) is 9.00 Å². The van der Waals surface area contributed by atoms with E-state index in [1.165, 1.54) is 12.1 Å². The van der Waals surface area contributed by atoms with Crippen molar-refractivity contribution in [2.24, 2.45) is 0 Å². The van der Waals surface area contributed by atoms with Gasteiger partial charge in [-0.25, -0.2) is 0 Å². The summed E-state index contributed by atoms with van der Waals surface area (Å²) < 4.78 is 53.1. The fourth-order valence-corrected chi connectivity index (χ4v) is 2.49. The van der Waals surface area contributed by atoms with Crippen LogP contribution >= 0.6 is 0 Å². The highest BCUT2D eigenvalue weighted by molar-refractivity contribution is 7.86. The van der Waals surface area contributed by atoms with E-state index in [4.69, 9.17) is 10.5 Å². The number of amides is 1. The predicted octanol–water partition coefficient (Wildman–Crippen LogP) is 1.45. The number of benzene rings is 1. The van der Waals surface area contributed by atoms with Gasteiger partial charge in [0.15, 0.2) is 0 Å². The molecule has 0 fully saturated rings. The highest BCUT2D eigenvalue weighted by Crippen LogP contribution is 2.23. The molecular formula is C12H15F3N2O3S. The number of nitrogen functional groups attached to an aromatic ring is 1. The van der Waals surface area contributed by atoms with Crippen molar-refractivity contribution < 1.29 is 26.9 Å². The van der Waals surface area contributed by atoms with E-state index in [9.17, 15) is 22.2 Å². The van der Waals surface area contributed by atoms with E-state index in [0.717, 1.165) is 0 Å². The van der Waals surface area contributed by atoms with Crippen molar-refractivity contribution in [2.45, 2.75) is 18.0 Å². The lowest BCUT2D eigenvalue weighted by molar-refractivity contribution is -0.136. The zero-order chi connectivity index (χ0) is 16.0. The van der Waals surface area contributed by atoms with Crippen LogP contribution in [0.4, 0.5) is 18.9 Å². The minimum Gasteiger partial charge on any atom is -0.494 e. The molecule has 1 aromatic carbocycles. The first kappa shape index (κ1) is 17.3. The van der Waals surface area contributed by atoms with Crippen LogP contribution in [0.15, 0.2) is 23.1 Å². The Hall–Kier alpha value is -1.77. The Morgan fingerprint density at radius 3 is 2.67 bits per heavy atom. The smallest absolute Gasteiger partial charge is 0.405 e. The second-order valence-electron chi connectivity index (χ2n) is 4.01. The van der Waals surface area contributed by atoms with Crippen molar-refractivity contribution in [3.05, 3.63) is 18.2 Å². The number of hydrogen-bond donors (Lipinski definition) is 2. The second-order valence-corrected chi connectivity index (χ2v) is 5.43. The molecule has 0 aliphatic rings. The largest absolute Gasteiger partial charge is 0.494 e. The minimum absolute atomic E-state index is 0.156. The average Bonchev–Trinajstić information content (AvgIpc) is 2.38. The summed E-state index contributed by atoms with van der Waals surface area (Å²) in [6.45, 7) is 0.692. The molecule has 21 heavy (non-hydrogen) atoms. The summed E-state index contributed by atoms with van der Waals surface area (Å²) >= 11 is 0. The molecule has 0 heterocycles. The Morgan fingerprint density at radius 1 is 1.43 bits per heavy atom. The molecule has 0 bridgehead atoms. The standard InChI is InChI=1S/C12H15F3N2O3S/c1-2-20-8-3-4-9(16)10(5-8)21(19)6-11(18)17-7-12(13,14)15/h3-5H,2,6-7,16H2,1H3,(H,17,18). The first-order valence-electron chi connectivity index (χ1n) is 5.97. The van der Waals surface area contributed by atoms with E-state index in [-0.39, 0.29) is 10.6 Å². The molecule has 0 saturated carbocycles. The zero-order valence-corrected chi connectivity index (χ0v) is 12.0. The summed E-state index contributed by atoms with van der Waals surface area (Å²) in [4.78, 5) is 11.5. The Morgan fingerprint density at radius 2 is 2.10 bits per heavy atom. The zero-order valence-electron chi connectivity index (χ0n) is 11.2. The third-order valence-corrected chi connectivity index (χ3v) is 3.66. The quantitative estimate of drug-likeness (QED) is 0.776. The van der Waals surface area contributed by atoms with E-state index in [1.54, 1.807) is 18.3 Å². The third-order valence-electron chi connectivity index (χ3n) is 2.29. The molecule has 1 rings (SSSR count). The van der Waals surface area contributed by atoms with Crippen LogP contribution in [-0.2, 0) is 15.6 Å². The first-order valence-corrected chi connectivity index (χ1v) is 7.29. The van der Waals surface area contributed by atoms with Gasteiger partial charge < -0.3 is 15.8 Å². The normalized spacial score (nSPS) is 12.8. The number of halogens is 3. The summed E-state index contributed by atoms with van der Waals surface area (Å²) in [6.07, 6.45) is -4.51.